The molecule has 0 bridgehead atoms. The molecule has 0 spiro atoms. The number of piperidine rings is 1. The second-order valence-electron chi connectivity index (χ2n) is 5.09. The van der Waals surface area contributed by atoms with E-state index in [-0.39, 0.29) is 10.6 Å². The number of aromatic nitrogens is 2. The van der Waals surface area contributed by atoms with Crippen molar-refractivity contribution >= 4 is 22.3 Å². The number of alkyl halides is 1. The van der Waals surface area contributed by atoms with Crippen molar-refractivity contribution in [2.24, 2.45) is 7.05 Å². The molecule has 0 amide bonds. The van der Waals surface area contributed by atoms with Gasteiger partial charge in [-0.25, -0.2) is 4.39 Å². The third-order valence-corrected chi connectivity index (χ3v) is 3.69. The van der Waals surface area contributed by atoms with E-state index in [1.165, 1.54) is 6.07 Å². The fraction of sp³-hybridized carbons (Fsp3) is 0.462. The fourth-order valence-electron chi connectivity index (χ4n) is 2.74. The molecule has 6 nitrogen and oxygen atoms in total. The fourth-order valence-corrected chi connectivity index (χ4v) is 2.74. The van der Waals surface area contributed by atoms with E-state index in [1.54, 1.807) is 24.0 Å². The first-order valence-corrected chi connectivity index (χ1v) is 6.56. The van der Waals surface area contributed by atoms with E-state index < -0.39 is 6.17 Å². The third kappa shape index (κ3) is 2.09. The smallest absolute Gasteiger partial charge is 0.293 e. The Hall–Kier alpha value is -2.18. The lowest BCUT2D eigenvalue weighted by Crippen LogP contribution is -2.34. The van der Waals surface area contributed by atoms with Gasteiger partial charge >= 0.3 is 0 Å². The molecule has 7 heteroatoms. The van der Waals surface area contributed by atoms with E-state index in [2.05, 4.69) is 5.10 Å². The summed E-state index contributed by atoms with van der Waals surface area (Å²) in [5.74, 6) is 0. The number of hydrogen-bond donors (Lipinski definition) is 0. The number of nitro groups is 1. The number of fused-ring (bicyclic) bond motifs is 1. The quantitative estimate of drug-likeness (QED) is 0.625. The molecule has 0 radical (unpaired) electrons. The average Bonchev–Trinajstić information content (AvgIpc) is 2.78. The van der Waals surface area contributed by atoms with Crippen molar-refractivity contribution in [1.29, 1.82) is 0 Å². The number of benzene rings is 1. The van der Waals surface area contributed by atoms with Gasteiger partial charge < -0.3 is 4.90 Å². The van der Waals surface area contributed by atoms with Crippen molar-refractivity contribution in [2.75, 3.05) is 18.0 Å². The Labute approximate surface area is 114 Å². The molecular formula is C13H15FN4O2. The number of aryl methyl sites for hydroxylation is 1. The Morgan fingerprint density at radius 2 is 2.10 bits per heavy atom. The Morgan fingerprint density at radius 3 is 2.75 bits per heavy atom. The third-order valence-electron chi connectivity index (χ3n) is 3.69. The highest BCUT2D eigenvalue weighted by atomic mass is 19.1. The largest absolute Gasteiger partial charge is 0.365 e. The van der Waals surface area contributed by atoms with E-state index in [9.17, 15) is 14.5 Å². The molecule has 1 aliphatic rings. The van der Waals surface area contributed by atoms with Crippen LogP contribution in [0.4, 0.5) is 15.8 Å². The Kier molecular flexibility index (Phi) is 3.04. The zero-order valence-corrected chi connectivity index (χ0v) is 11.1. The van der Waals surface area contributed by atoms with Crippen molar-refractivity contribution in [3.05, 3.63) is 28.4 Å². The highest BCUT2D eigenvalue weighted by Crippen LogP contribution is 2.37. The summed E-state index contributed by atoms with van der Waals surface area (Å²) in [6.45, 7) is 0.992. The number of hydrogen-bond acceptors (Lipinski definition) is 4. The van der Waals surface area contributed by atoms with Gasteiger partial charge in [0, 0.05) is 32.4 Å². The van der Waals surface area contributed by atoms with E-state index >= 15 is 0 Å². The number of nitrogens with zero attached hydrogens (tertiary/aromatic N) is 4. The van der Waals surface area contributed by atoms with Crippen molar-refractivity contribution in [2.45, 2.75) is 19.0 Å². The molecule has 1 aromatic heterocycles. The molecule has 2 aromatic rings. The van der Waals surface area contributed by atoms with Crippen LogP contribution in [0.1, 0.15) is 12.8 Å². The van der Waals surface area contributed by atoms with Crippen LogP contribution in [-0.2, 0) is 7.05 Å². The normalized spacial score (nSPS) is 16.8. The minimum Gasteiger partial charge on any atom is -0.365 e. The first-order chi connectivity index (χ1) is 9.56. The molecule has 20 heavy (non-hydrogen) atoms. The van der Waals surface area contributed by atoms with Crippen molar-refractivity contribution in [3.8, 4) is 0 Å². The van der Waals surface area contributed by atoms with E-state index in [1.807, 2.05) is 4.90 Å². The van der Waals surface area contributed by atoms with Crippen LogP contribution in [0.15, 0.2) is 18.3 Å². The minimum atomic E-state index is -0.807. The van der Waals surface area contributed by atoms with Gasteiger partial charge in [0.05, 0.1) is 15.8 Å². The van der Waals surface area contributed by atoms with Gasteiger partial charge in [-0.2, -0.15) is 5.10 Å². The van der Waals surface area contributed by atoms with Crippen LogP contribution in [0.3, 0.4) is 0 Å². The molecule has 106 valence electrons. The first kappa shape index (κ1) is 12.8. The number of anilines is 1. The average molecular weight is 278 g/mol. The van der Waals surface area contributed by atoms with Crippen molar-refractivity contribution in [1.82, 2.24) is 9.78 Å². The number of rotatable bonds is 2. The van der Waals surface area contributed by atoms with Crippen LogP contribution in [0.2, 0.25) is 0 Å². The van der Waals surface area contributed by atoms with Gasteiger partial charge in [-0.05, 0) is 18.9 Å². The molecule has 0 aliphatic carbocycles. The summed E-state index contributed by atoms with van der Waals surface area (Å²) >= 11 is 0. The SMILES string of the molecule is Cn1cc2c(N3CCC(F)CC3)c([N+](=O)[O-])ccc2n1. The van der Waals surface area contributed by atoms with Gasteiger partial charge in [-0.3, -0.25) is 14.8 Å². The van der Waals surface area contributed by atoms with Crippen LogP contribution in [0.25, 0.3) is 10.9 Å². The predicted octanol–water partition coefficient (Wildman–Crippen LogP) is 2.42. The molecule has 0 unspecified atom stereocenters. The first-order valence-electron chi connectivity index (χ1n) is 6.56. The Bertz CT molecular complexity index is 662. The van der Waals surface area contributed by atoms with Crippen LogP contribution in [0.5, 0.6) is 0 Å². The van der Waals surface area contributed by atoms with Crippen LogP contribution in [0, 0.1) is 10.1 Å². The van der Waals surface area contributed by atoms with Gasteiger partial charge in [0.15, 0.2) is 0 Å². The zero-order valence-electron chi connectivity index (χ0n) is 11.1. The summed E-state index contributed by atoms with van der Waals surface area (Å²) in [5, 5.41) is 16.3. The monoisotopic (exact) mass is 278 g/mol. The van der Waals surface area contributed by atoms with Crippen molar-refractivity contribution in [3.63, 3.8) is 0 Å². The standard InChI is InChI=1S/C13H15FN4O2/c1-16-8-10-11(15-16)2-3-12(18(19)20)13(10)17-6-4-9(14)5-7-17/h2-3,8-9H,4-7H2,1H3. The highest BCUT2D eigenvalue weighted by Gasteiger charge is 2.27. The molecule has 3 rings (SSSR count). The van der Waals surface area contributed by atoms with Gasteiger partial charge in [-0.1, -0.05) is 0 Å². The molecule has 1 fully saturated rings. The molecule has 0 saturated carbocycles. The minimum absolute atomic E-state index is 0.0582. The summed E-state index contributed by atoms with van der Waals surface area (Å²) in [4.78, 5) is 12.8. The summed E-state index contributed by atoms with van der Waals surface area (Å²) in [5.41, 5.74) is 1.34. The summed E-state index contributed by atoms with van der Waals surface area (Å²) < 4.78 is 14.9. The molecule has 1 saturated heterocycles. The molecule has 0 N–H and O–H groups in total. The summed E-state index contributed by atoms with van der Waals surface area (Å²) in [7, 11) is 1.78. The second kappa shape index (κ2) is 4.73. The van der Waals surface area contributed by atoms with E-state index in [0.717, 1.165) is 10.9 Å². The second-order valence-corrected chi connectivity index (χ2v) is 5.09. The van der Waals surface area contributed by atoms with Crippen LogP contribution in [-0.4, -0.2) is 34.0 Å². The molecule has 1 aromatic carbocycles. The van der Waals surface area contributed by atoms with Gasteiger partial charge in [-0.15, -0.1) is 0 Å². The van der Waals surface area contributed by atoms with Crippen LogP contribution < -0.4 is 4.90 Å². The lowest BCUT2D eigenvalue weighted by Gasteiger charge is -2.30. The maximum atomic E-state index is 13.3. The highest BCUT2D eigenvalue weighted by molar-refractivity contribution is 5.96. The topological polar surface area (TPSA) is 64.2 Å². The summed E-state index contributed by atoms with van der Waals surface area (Å²) in [6, 6.07) is 3.13. The molecule has 2 heterocycles. The van der Waals surface area contributed by atoms with Gasteiger partial charge in [0.2, 0.25) is 0 Å². The van der Waals surface area contributed by atoms with E-state index in [0.29, 0.717) is 31.6 Å². The predicted molar refractivity (Wildman–Crippen MR) is 73.7 cm³/mol. The zero-order chi connectivity index (χ0) is 14.3. The van der Waals surface area contributed by atoms with Crippen molar-refractivity contribution < 1.29 is 9.31 Å². The Morgan fingerprint density at radius 1 is 1.40 bits per heavy atom. The number of nitro benzene ring substituents is 1. The summed E-state index contributed by atoms with van der Waals surface area (Å²) in [6.07, 6.45) is 1.79. The van der Waals surface area contributed by atoms with E-state index in [4.69, 9.17) is 0 Å². The maximum absolute atomic E-state index is 13.3. The number of halogens is 1. The molecular weight excluding hydrogens is 263 g/mol. The Balaban J connectivity index is 2.14. The lowest BCUT2D eigenvalue weighted by atomic mass is 10.1. The van der Waals surface area contributed by atoms with Gasteiger partial charge in [0.25, 0.3) is 5.69 Å². The molecule has 1 aliphatic heterocycles. The van der Waals surface area contributed by atoms with Crippen LogP contribution >= 0.6 is 0 Å². The maximum Gasteiger partial charge on any atom is 0.293 e. The lowest BCUT2D eigenvalue weighted by molar-refractivity contribution is -0.384. The van der Waals surface area contributed by atoms with Gasteiger partial charge in [0.1, 0.15) is 11.9 Å². The molecule has 0 atom stereocenters.